The number of anilines is 1. The summed E-state index contributed by atoms with van der Waals surface area (Å²) in [5.74, 6) is -0.100. The van der Waals surface area contributed by atoms with Gasteiger partial charge in [-0.05, 0) is 68.3 Å². The second-order valence-electron chi connectivity index (χ2n) is 8.73. The zero-order valence-electron chi connectivity index (χ0n) is 21.8. The molecule has 4 aliphatic heterocycles. The monoisotopic (exact) mass is 576 g/mol. The summed E-state index contributed by atoms with van der Waals surface area (Å²) in [6, 6.07) is 10.6. The van der Waals surface area contributed by atoms with E-state index in [2.05, 4.69) is 26.4 Å². The Morgan fingerprint density at radius 2 is 1.77 bits per heavy atom. The van der Waals surface area contributed by atoms with Gasteiger partial charge in [0.1, 0.15) is 5.75 Å². The van der Waals surface area contributed by atoms with Crippen molar-refractivity contribution in [3.05, 3.63) is 63.6 Å². The van der Waals surface area contributed by atoms with Gasteiger partial charge in [0.05, 0.1) is 47.7 Å². The number of aliphatic imine (C=N–C) groups is 1. The lowest BCUT2D eigenvalue weighted by Crippen LogP contribution is -2.36. The van der Waals surface area contributed by atoms with E-state index in [1.54, 1.807) is 12.1 Å². The molecule has 2 amide bonds. The molecule has 0 aromatic heterocycles. The number of rotatable bonds is 3. The van der Waals surface area contributed by atoms with Crippen molar-refractivity contribution in [1.29, 1.82) is 0 Å². The van der Waals surface area contributed by atoms with E-state index in [0.717, 1.165) is 43.5 Å². The predicted molar refractivity (Wildman–Crippen MR) is 155 cm³/mol. The highest BCUT2D eigenvalue weighted by molar-refractivity contribution is 6.39. The number of guanidine groups is 1. The van der Waals surface area contributed by atoms with Crippen LogP contribution in [-0.4, -0.2) is 44.1 Å². The first-order valence-corrected chi connectivity index (χ1v) is 13.5. The van der Waals surface area contributed by atoms with Crippen molar-refractivity contribution in [1.82, 2.24) is 16.1 Å². The summed E-state index contributed by atoms with van der Waals surface area (Å²) in [5.41, 5.74) is 10.9. The number of nitrogens with zero attached hydrogens (tertiary/aromatic N) is 1. The molecule has 0 saturated carbocycles. The molecule has 0 atom stereocenters. The smallest absolute Gasteiger partial charge is 0.252 e. The Labute approximate surface area is 238 Å². The summed E-state index contributed by atoms with van der Waals surface area (Å²) in [4.78, 5) is 34.5. The van der Waals surface area contributed by atoms with E-state index in [0.29, 0.717) is 30.2 Å². The highest BCUT2D eigenvalue weighted by Crippen LogP contribution is 2.32. The predicted octanol–water partition coefficient (Wildman–Crippen LogP) is 3.99. The van der Waals surface area contributed by atoms with E-state index in [4.69, 9.17) is 38.5 Å². The van der Waals surface area contributed by atoms with Gasteiger partial charge in [-0.25, -0.2) is 4.99 Å². The van der Waals surface area contributed by atoms with Crippen LogP contribution in [0.15, 0.2) is 47.5 Å². The molecule has 12 heteroatoms. The minimum Gasteiger partial charge on any atom is -0.494 e. The Hall–Kier alpha value is -3.31. The van der Waals surface area contributed by atoms with Gasteiger partial charge in [0.2, 0.25) is 5.91 Å². The van der Waals surface area contributed by atoms with Crippen molar-refractivity contribution in [2.24, 2.45) is 10.7 Å². The summed E-state index contributed by atoms with van der Waals surface area (Å²) in [6.45, 7) is 3.79. The van der Waals surface area contributed by atoms with Crippen LogP contribution >= 0.6 is 23.2 Å². The van der Waals surface area contributed by atoms with Crippen LogP contribution in [-0.2, 0) is 21.0 Å². The highest BCUT2D eigenvalue weighted by atomic mass is 35.5. The second-order valence-corrected chi connectivity index (χ2v) is 9.54. The molecule has 10 nitrogen and oxygen atoms in total. The Morgan fingerprint density at radius 3 is 2.49 bits per heavy atom. The third kappa shape index (κ3) is 10.4. The van der Waals surface area contributed by atoms with Gasteiger partial charge in [0.25, 0.3) is 5.91 Å². The number of nitrogens with one attached hydrogen (secondary N) is 4. The van der Waals surface area contributed by atoms with Crippen molar-refractivity contribution in [3.8, 4) is 5.75 Å². The highest BCUT2D eigenvalue weighted by Gasteiger charge is 2.12. The minimum absolute atomic E-state index is 0.0899. The number of hydroxylamine groups is 1. The Morgan fingerprint density at radius 1 is 1.05 bits per heavy atom. The third-order valence-electron chi connectivity index (χ3n) is 5.62. The number of ether oxygens (including phenoxy) is 1. The fourth-order valence-electron chi connectivity index (χ4n) is 3.68. The molecule has 39 heavy (non-hydrogen) atoms. The largest absolute Gasteiger partial charge is 0.494 e. The van der Waals surface area contributed by atoms with Crippen LogP contribution in [0.4, 0.5) is 5.69 Å². The Kier molecular flexibility index (Phi) is 12.4. The van der Waals surface area contributed by atoms with Crippen LogP contribution in [0.25, 0.3) is 5.70 Å². The Bertz CT molecular complexity index is 1160. The molecular weight excluding hydrogens is 543 g/mol. The maximum Gasteiger partial charge on any atom is 0.252 e. The van der Waals surface area contributed by atoms with Gasteiger partial charge in [-0.3, -0.25) is 25.2 Å². The number of hydrogen-bond acceptors (Lipinski definition) is 8. The van der Waals surface area contributed by atoms with Crippen LogP contribution in [0, 0.1) is 0 Å². The number of benzene rings is 2. The first kappa shape index (κ1) is 30.2. The zero-order valence-corrected chi connectivity index (χ0v) is 23.3. The van der Waals surface area contributed by atoms with Gasteiger partial charge in [0.15, 0.2) is 5.96 Å². The van der Waals surface area contributed by atoms with Crippen LogP contribution < -0.4 is 31.9 Å². The van der Waals surface area contributed by atoms with Crippen molar-refractivity contribution in [3.63, 3.8) is 0 Å². The molecule has 0 aliphatic carbocycles. The van der Waals surface area contributed by atoms with Gasteiger partial charge >= 0.3 is 0 Å². The Balaban J connectivity index is 1.79. The van der Waals surface area contributed by atoms with Crippen LogP contribution in [0.3, 0.4) is 0 Å². The molecule has 4 bridgehead atoms. The van der Waals surface area contributed by atoms with E-state index in [9.17, 15) is 9.59 Å². The van der Waals surface area contributed by atoms with Crippen molar-refractivity contribution < 1.29 is 19.2 Å². The molecule has 0 fully saturated rings. The summed E-state index contributed by atoms with van der Waals surface area (Å²) in [7, 11) is 0. The normalized spacial score (nSPS) is 16.5. The van der Waals surface area contributed by atoms with Gasteiger partial charge in [-0.15, -0.1) is 0 Å². The molecule has 4 aliphatic rings. The summed E-state index contributed by atoms with van der Waals surface area (Å²) in [5, 5.41) is 8.94. The molecular formula is C27H34Cl2N6O4. The maximum atomic E-state index is 12.6. The molecule has 0 radical (unpaired) electrons. The van der Waals surface area contributed by atoms with Gasteiger partial charge < -0.3 is 21.1 Å². The zero-order chi connectivity index (χ0) is 28.0. The van der Waals surface area contributed by atoms with Crippen LogP contribution in [0.1, 0.15) is 43.7 Å². The lowest BCUT2D eigenvalue weighted by molar-refractivity contribution is -0.116. The first-order chi connectivity index (χ1) is 18.9. The molecule has 4 heterocycles. The fourth-order valence-corrected chi connectivity index (χ4v) is 4.31. The lowest BCUT2D eigenvalue weighted by atomic mass is 10.1. The van der Waals surface area contributed by atoms with Crippen molar-refractivity contribution in [2.75, 3.05) is 31.6 Å². The summed E-state index contributed by atoms with van der Waals surface area (Å²) < 4.78 is 5.84. The number of halogens is 2. The summed E-state index contributed by atoms with van der Waals surface area (Å²) in [6.07, 6.45) is 5.21. The fraction of sp³-hybridized carbons (Fsp3) is 0.370. The quantitative estimate of drug-likeness (QED) is 0.348. The van der Waals surface area contributed by atoms with Crippen LogP contribution in [0.5, 0.6) is 5.75 Å². The number of nitrogens with two attached hydrogens (primary N) is 1. The van der Waals surface area contributed by atoms with E-state index < -0.39 is 5.91 Å². The van der Waals surface area contributed by atoms with Crippen molar-refractivity contribution >= 4 is 52.4 Å². The SMILES string of the molecule is CCONC1=CC(=O)NC(N)=NCc2cc(Cl)c(c(Cl)c2)NC(=O)CNCCCCCCOc2ccc1cc2. The molecule has 0 spiro atoms. The van der Waals surface area contributed by atoms with E-state index in [1.165, 1.54) is 6.08 Å². The maximum absolute atomic E-state index is 12.6. The lowest BCUT2D eigenvalue weighted by Gasteiger charge is -2.13. The van der Waals surface area contributed by atoms with E-state index in [1.807, 2.05) is 31.2 Å². The molecule has 0 unspecified atom stereocenters. The number of carbonyl (C=O) groups is 2. The number of amides is 2. The van der Waals surface area contributed by atoms with Gasteiger partial charge in [0, 0.05) is 11.6 Å². The number of hydrogen-bond donors (Lipinski definition) is 5. The molecule has 0 saturated heterocycles. The average molecular weight is 578 g/mol. The van der Waals surface area contributed by atoms with Crippen molar-refractivity contribution in [2.45, 2.75) is 39.2 Å². The van der Waals surface area contributed by atoms with E-state index in [-0.39, 0.29) is 35.0 Å². The molecule has 2 aromatic carbocycles. The first-order valence-electron chi connectivity index (χ1n) is 12.8. The average Bonchev–Trinajstić information content (AvgIpc) is 2.91. The standard InChI is InChI=1S/C27H34Cl2N6O4/c1-2-39-35-23-15-24(36)34-27(30)32-16-18-13-21(28)26(22(29)14-18)33-25(37)17-31-11-5-3-4-6-12-38-20-9-7-19(23)8-10-20/h7-10,13-15,31,35H,2-6,11-12,16-17H2,1H3,(H,33,37)(H3,30,32,34,36). The topological polar surface area (TPSA) is 139 Å². The second kappa shape index (κ2) is 15.9. The van der Waals surface area contributed by atoms with E-state index >= 15 is 0 Å². The summed E-state index contributed by atoms with van der Waals surface area (Å²) >= 11 is 12.7. The number of carbonyl (C=O) groups excluding carboxylic acids is 2. The van der Waals surface area contributed by atoms with Crippen LogP contribution in [0.2, 0.25) is 10.0 Å². The van der Waals surface area contributed by atoms with Gasteiger partial charge in [-0.1, -0.05) is 36.0 Å². The minimum atomic E-state index is -0.497. The molecule has 6 rings (SSSR count). The third-order valence-corrected chi connectivity index (χ3v) is 6.22. The van der Waals surface area contributed by atoms with Gasteiger partial charge in [-0.2, -0.15) is 0 Å². The molecule has 2 aromatic rings. The molecule has 210 valence electrons. The molecule has 6 N–H and O–H groups in total.